The van der Waals surface area contributed by atoms with Crippen LogP contribution in [0, 0.1) is 0 Å². The maximum atomic E-state index is 13.3. The lowest BCUT2D eigenvalue weighted by Gasteiger charge is -2.20. The first-order valence-corrected chi connectivity index (χ1v) is 10.9. The molecule has 0 aliphatic carbocycles. The normalized spacial score (nSPS) is 18.8. The fourth-order valence-corrected chi connectivity index (χ4v) is 4.07. The summed E-state index contributed by atoms with van der Waals surface area (Å²) in [4.78, 5) is 31.8. The minimum Gasteiger partial charge on any atom is -0.493 e. The van der Waals surface area contributed by atoms with Crippen LogP contribution in [0.1, 0.15) is 12.8 Å². The molecular weight excluding hydrogens is 456 g/mol. The average Bonchev–Trinajstić information content (AvgIpc) is 3.57. The molecule has 12 heteroatoms. The fourth-order valence-electron chi connectivity index (χ4n) is 4.07. The van der Waals surface area contributed by atoms with Gasteiger partial charge in [-0.3, -0.25) is 14.6 Å². The number of benzene rings is 2. The van der Waals surface area contributed by atoms with Crippen LogP contribution >= 0.6 is 0 Å². The first kappa shape index (κ1) is 22.3. The Labute approximate surface area is 200 Å². The Morgan fingerprint density at radius 1 is 1.00 bits per heavy atom. The van der Waals surface area contributed by atoms with Crippen LogP contribution in [-0.2, 0) is 16.1 Å². The summed E-state index contributed by atoms with van der Waals surface area (Å²) in [6.07, 6.45) is 0. The molecular formula is C23H22N6O6. The van der Waals surface area contributed by atoms with Crippen molar-refractivity contribution in [3.05, 3.63) is 48.4 Å². The van der Waals surface area contributed by atoms with E-state index >= 15 is 0 Å². The number of hydrogen-bond donors (Lipinski definition) is 0. The molecule has 1 saturated heterocycles. The number of rotatable bonds is 8. The average molecular weight is 478 g/mol. The predicted molar refractivity (Wildman–Crippen MR) is 121 cm³/mol. The molecule has 0 N–H and O–H groups in total. The van der Waals surface area contributed by atoms with E-state index in [2.05, 4.69) is 20.5 Å². The second kappa shape index (κ2) is 9.05. The first-order valence-electron chi connectivity index (χ1n) is 10.9. The van der Waals surface area contributed by atoms with E-state index in [-0.39, 0.29) is 12.4 Å². The third kappa shape index (κ3) is 3.82. The molecule has 2 aliphatic heterocycles. The lowest BCUT2D eigenvalue weighted by atomic mass is 10.1. The number of amides is 2. The molecule has 3 aromatic rings. The maximum Gasteiger partial charge on any atom is 0.263 e. The van der Waals surface area contributed by atoms with Crippen LogP contribution in [0.25, 0.3) is 11.4 Å². The second-order valence-electron chi connectivity index (χ2n) is 7.68. The number of anilines is 1. The Bertz CT molecular complexity index is 1310. The first-order chi connectivity index (χ1) is 17.0. The van der Waals surface area contributed by atoms with Crippen LogP contribution < -0.4 is 19.1 Å². The van der Waals surface area contributed by atoms with E-state index in [1.807, 2.05) is 31.2 Å². The van der Waals surface area contributed by atoms with Crippen LogP contribution in [0.15, 0.2) is 57.3 Å². The van der Waals surface area contributed by atoms with E-state index in [9.17, 15) is 9.59 Å². The van der Waals surface area contributed by atoms with Gasteiger partial charge in [0.15, 0.2) is 23.6 Å². The summed E-state index contributed by atoms with van der Waals surface area (Å²) in [7, 11) is 2.98. The van der Waals surface area contributed by atoms with Crippen LogP contribution in [0.2, 0.25) is 0 Å². The summed E-state index contributed by atoms with van der Waals surface area (Å²) in [5.74, 6) is 1.13. The molecule has 1 fully saturated rings. The highest BCUT2D eigenvalue weighted by Crippen LogP contribution is 2.37. The molecule has 0 unspecified atom stereocenters. The van der Waals surface area contributed by atoms with Gasteiger partial charge in [0.1, 0.15) is 12.3 Å². The molecule has 3 heterocycles. The number of ether oxygens (including phenoxy) is 3. The Morgan fingerprint density at radius 2 is 1.80 bits per heavy atom. The minimum absolute atomic E-state index is 0.00720. The van der Waals surface area contributed by atoms with Crippen molar-refractivity contribution in [3.8, 4) is 28.6 Å². The molecule has 1 aromatic heterocycles. The van der Waals surface area contributed by atoms with Gasteiger partial charge in [0.2, 0.25) is 11.7 Å². The van der Waals surface area contributed by atoms with Gasteiger partial charge in [-0.1, -0.05) is 22.5 Å². The summed E-state index contributed by atoms with van der Waals surface area (Å²) in [5, 5.41) is 13.5. The van der Waals surface area contributed by atoms with Crippen molar-refractivity contribution in [2.75, 3.05) is 25.7 Å². The molecule has 5 rings (SSSR count). The van der Waals surface area contributed by atoms with Gasteiger partial charge in [0, 0.05) is 6.07 Å². The number of nitrogens with zero attached hydrogens (tertiary/aromatic N) is 6. The number of methoxy groups -OCH3 is 2. The molecule has 2 atom stereocenters. The third-order valence-electron chi connectivity index (χ3n) is 5.68. The monoisotopic (exact) mass is 478 g/mol. The second-order valence-corrected chi connectivity index (χ2v) is 7.68. The highest BCUT2D eigenvalue weighted by atomic mass is 16.5. The standard InChI is InChI=1S/C23H22N6O6/c1-4-34-15-8-6-5-7-14(15)21-24-18(35-26-21)12-28-20-19(25-27-28)22(30)29(23(20)31)13-9-10-16(32-2)17(11-13)33-3/h5-11,19-20H,4,12H2,1-3H3/t19-,20-/m1/s1. The Hall–Kier alpha value is -4.48. The summed E-state index contributed by atoms with van der Waals surface area (Å²) in [6, 6.07) is 10.3. The molecule has 2 amide bonds. The summed E-state index contributed by atoms with van der Waals surface area (Å²) >= 11 is 0. The lowest BCUT2D eigenvalue weighted by molar-refractivity contribution is -0.123. The molecule has 0 saturated carbocycles. The van der Waals surface area contributed by atoms with Crippen molar-refractivity contribution in [1.82, 2.24) is 15.1 Å². The Balaban J connectivity index is 1.36. The zero-order chi connectivity index (χ0) is 24.5. The Kier molecular flexibility index (Phi) is 5.77. The number of carbonyl (C=O) groups excluding carboxylic acids is 2. The largest absolute Gasteiger partial charge is 0.493 e. The summed E-state index contributed by atoms with van der Waals surface area (Å²) in [5.41, 5.74) is 1.03. The zero-order valence-corrected chi connectivity index (χ0v) is 19.2. The SMILES string of the molecule is CCOc1ccccc1-c1noc(CN2N=N[C@H]3C(=O)N(c4ccc(OC)c(OC)c4)C(=O)[C@@H]32)n1. The summed E-state index contributed by atoms with van der Waals surface area (Å²) < 4.78 is 21.6. The van der Waals surface area contributed by atoms with Crippen LogP contribution in [0.3, 0.4) is 0 Å². The number of hydrogen-bond acceptors (Lipinski definition) is 11. The van der Waals surface area contributed by atoms with Crippen LogP contribution in [-0.4, -0.2) is 59.9 Å². The van der Waals surface area contributed by atoms with Gasteiger partial charge in [-0.25, -0.2) is 4.90 Å². The third-order valence-corrected chi connectivity index (χ3v) is 5.68. The van der Waals surface area contributed by atoms with Gasteiger partial charge in [0.25, 0.3) is 11.8 Å². The van der Waals surface area contributed by atoms with E-state index in [0.717, 1.165) is 4.90 Å². The predicted octanol–water partition coefficient (Wildman–Crippen LogP) is 2.65. The molecule has 35 heavy (non-hydrogen) atoms. The van der Waals surface area contributed by atoms with E-state index in [1.54, 1.807) is 18.2 Å². The van der Waals surface area contributed by atoms with Crippen molar-refractivity contribution in [3.63, 3.8) is 0 Å². The quantitative estimate of drug-likeness (QED) is 0.448. The molecule has 180 valence electrons. The number of aromatic nitrogens is 2. The number of para-hydroxylation sites is 1. The highest BCUT2D eigenvalue weighted by molar-refractivity contribution is 6.25. The fraction of sp³-hybridized carbons (Fsp3) is 0.304. The molecule has 2 aromatic carbocycles. The van der Waals surface area contributed by atoms with Gasteiger partial charge in [-0.2, -0.15) is 10.1 Å². The smallest absolute Gasteiger partial charge is 0.263 e. The van der Waals surface area contributed by atoms with E-state index in [1.165, 1.54) is 19.2 Å². The zero-order valence-electron chi connectivity index (χ0n) is 19.2. The van der Waals surface area contributed by atoms with Gasteiger partial charge >= 0.3 is 0 Å². The van der Waals surface area contributed by atoms with E-state index in [4.69, 9.17) is 18.7 Å². The van der Waals surface area contributed by atoms with Gasteiger partial charge in [0.05, 0.1) is 32.1 Å². The van der Waals surface area contributed by atoms with Gasteiger partial charge in [-0.15, -0.1) is 0 Å². The molecule has 0 bridgehead atoms. The van der Waals surface area contributed by atoms with Gasteiger partial charge in [-0.05, 0) is 31.2 Å². The van der Waals surface area contributed by atoms with E-state index < -0.39 is 23.9 Å². The molecule has 12 nitrogen and oxygen atoms in total. The number of imide groups is 1. The van der Waals surface area contributed by atoms with Crippen LogP contribution in [0.4, 0.5) is 5.69 Å². The minimum atomic E-state index is -0.961. The van der Waals surface area contributed by atoms with Crippen LogP contribution in [0.5, 0.6) is 17.2 Å². The lowest BCUT2D eigenvalue weighted by Crippen LogP contribution is -2.39. The maximum absolute atomic E-state index is 13.3. The van der Waals surface area contributed by atoms with Crippen molar-refractivity contribution in [2.24, 2.45) is 10.3 Å². The topological polar surface area (TPSA) is 132 Å². The number of fused-ring (bicyclic) bond motifs is 1. The van der Waals surface area contributed by atoms with E-state index in [0.29, 0.717) is 40.9 Å². The molecule has 0 radical (unpaired) electrons. The highest BCUT2D eigenvalue weighted by Gasteiger charge is 2.55. The van der Waals surface area contributed by atoms with Crippen molar-refractivity contribution in [2.45, 2.75) is 25.6 Å². The Morgan fingerprint density at radius 3 is 2.57 bits per heavy atom. The van der Waals surface area contributed by atoms with Crippen molar-refractivity contribution < 1.29 is 28.3 Å². The van der Waals surface area contributed by atoms with Crippen molar-refractivity contribution in [1.29, 1.82) is 0 Å². The van der Waals surface area contributed by atoms with Gasteiger partial charge < -0.3 is 18.7 Å². The van der Waals surface area contributed by atoms with Crippen molar-refractivity contribution >= 4 is 17.5 Å². The molecule has 0 spiro atoms. The summed E-state index contributed by atoms with van der Waals surface area (Å²) in [6.45, 7) is 2.39. The number of carbonyl (C=O) groups is 2. The molecule has 2 aliphatic rings.